The van der Waals surface area contributed by atoms with E-state index in [9.17, 15) is 4.79 Å². The van der Waals surface area contributed by atoms with Crippen molar-refractivity contribution in [3.8, 4) is 11.5 Å². The molecule has 0 aromatic heterocycles. The van der Waals surface area contributed by atoms with Gasteiger partial charge in [-0.1, -0.05) is 23.7 Å². The van der Waals surface area contributed by atoms with Crippen LogP contribution in [0.5, 0.6) is 11.5 Å². The summed E-state index contributed by atoms with van der Waals surface area (Å²) in [6.45, 7) is 3.70. The van der Waals surface area contributed by atoms with E-state index in [1.807, 2.05) is 49.4 Å². The van der Waals surface area contributed by atoms with Gasteiger partial charge in [0.15, 0.2) is 11.5 Å². The van der Waals surface area contributed by atoms with Gasteiger partial charge in [-0.2, -0.15) is 0 Å². The topological polar surface area (TPSA) is 47.6 Å². The second kappa shape index (κ2) is 8.50. The molecule has 0 bridgehead atoms. The second-order valence-electron chi connectivity index (χ2n) is 5.76. The maximum Gasteiger partial charge on any atom is 0.233 e. The van der Waals surface area contributed by atoms with Gasteiger partial charge in [-0.3, -0.25) is 4.79 Å². The van der Waals surface area contributed by atoms with E-state index in [4.69, 9.17) is 21.1 Å². The number of rotatable bonds is 5. The number of nitrogens with one attached hydrogen (secondary N) is 1. The summed E-state index contributed by atoms with van der Waals surface area (Å²) in [6, 6.07) is 13.3. The average Bonchev–Trinajstić information content (AvgIpc) is 2.86. The normalized spacial score (nSPS) is 14.5. The number of carbonyl (C=O) groups excluding carboxylic acids is 1. The van der Waals surface area contributed by atoms with E-state index in [-0.39, 0.29) is 11.2 Å². The second-order valence-corrected chi connectivity index (χ2v) is 7.61. The first-order valence-corrected chi connectivity index (χ1v) is 9.46. The lowest BCUT2D eigenvalue weighted by atomic mass is 10.2. The van der Waals surface area contributed by atoms with Gasteiger partial charge in [0.25, 0.3) is 0 Å². The van der Waals surface area contributed by atoms with Gasteiger partial charge < -0.3 is 14.8 Å². The van der Waals surface area contributed by atoms with E-state index >= 15 is 0 Å². The van der Waals surface area contributed by atoms with Crippen LogP contribution in [0.3, 0.4) is 0 Å². The highest BCUT2D eigenvalue weighted by Crippen LogP contribution is 2.35. The van der Waals surface area contributed by atoms with Crippen molar-refractivity contribution in [3.05, 3.63) is 53.1 Å². The molecule has 0 spiro atoms. The van der Waals surface area contributed by atoms with Crippen LogP contribution in [0.1, 0.15) is 18.9 Å². The molecule has 6 heteroatoms. The molecular formula is C19H20ClNO3S. The first-order valence-electron chi connectivity index (χ1n) is 8.20. The Morgan fingerprint density at radius 3 is 2.64 bits per heavy atom. The Labute approximate surface area is 156 Å². The Hall–Kier alpha value is -1.85. The van der Waals surface area contributed by atoms with Crippen LogP contribution < -0.4 is 14.8 Å². The minimum Gasteiger partial charge on any atom is -0.490 e. The van der Waals surface area contributed by atoms with Crippen molar-refractivity contribution in [2.24, 2.45) is 0 Å². The SMILES string of the molecule is CC(Sc1ccc2c(c1)OCCCO2)C(=O)NCc1ccc(Cl)cc1. The summed E-state index contributed by atoms with van der Waals surface area (Å²) in [5, 5.41) is 3.43. The van der Waals surface area contributed by atoms with Crippen molar-refractivity contribution in [2.45, 2.75) is 30.0 Å². The van der Waals surface area contributed by atoms with Crippen molar-refractivity contribution in [2.75, 3.05) is 13.2 Å². The molecule has 0 fully saturated rings. The molecule has 1 unspecified atom stereocenters. The fourth-order valence-electron chi connectivity index (χ4n) is 2.41. The molecule has 2 aromatic carbocycles. The first-order chi connectivity index (χ1) is 12.1. The number of thioether (sulfide) groups is 1. The fourth-order valence-corrected chi connectivity index (χ4v) is 3.46. The van der Waals surface area contributed by atoms with Gasteiger partial charge in [-0.15, -0.1) is 11.8 Å². The predicted octanol–water partition coefficient (Wildman–Crippen LogP) is 4.30. The number of benzene rings is 2. The molecule has 132 valence electrons. The zero-order chi connectivity index (χ0) is 17.6. The number of carbonyl (C=O) groups is 1. The largest absolute Gasteiger partial charge is 0.490 e. The average molecular weight is 378 g/mol. The number of hydrogen-bond acceptors (Lipinski definition) is 4. The van der Waals surface area contributed by atoms with Crippen LogP contribution in [0, 0.1) is 0 Å². The van der Waals surface area contributed by atoms with Crippen molar-refractivity contribution in [3.63, 3.8) is 0 Å². The zero-order valence-electron chi connectivity index (χ0n) is 14.0. The lowest BCUT2D eigenvalue weighted by Gasteiger charge is -2.14. The summed E-state index contributed by atoms with van der Waals surface area (Å²) in [4.78, 5) is 13.3. The van der Waals surface area contributed by atoms with Gasteiger partial charge in [0.05, 0.1) is 18.5 Å². The van der Waals surface area contributed by atoms with Crippen LogP contribution in [0.25, 0.3) is 0 Å². The molecule has 0 radical (unpaired) electrons. The molecule has 25 heavy (non-hydrogen) atoms. The van der Waals surface area contributed by atoms with Crippen molar-refractivity contribution < 1.29 is 14.3 Å². The quantitative estimate of drug-likeness (QED) is 0.789. The van der Waals surface area contributed by atoms with Gasteiger partial charge >= 0.3 is 0 Å². The number of fused-ring (bicyclic) bond motifs is 1. The van der Waals surface area contributed by atoms with Crippen LogP contribution in [0.4, 0.5) is 0 Å². The summed E-state index contributed by atoms with van der Waals surface area (Å²) in [5.41, 5.74) is 1.02. The van der Waals surface area contributed by atoms with Crippen LogP contribution >= 0.6 is 23.4 Å². The van der Waals surface area contributed by atoms with Crippen LogP contribution in [0.2, 0.25) is 5.02 Å². The smallest absolute Gasteiger partial charge is 0.233 e. The summed E-state index contributed by atoms with van der Waals surface area (Å²) in [5.74, 6) is 1.50. The van der Waals surface area contributed by atoms with E-state index < -0.39 is 0 Å². The van der Waals surface area contributed by atoms with Crippen LogP contribution in [0.15, 0.2) is 47.4 Å². The van der Waals surface area contributed by atoms with Crippen LogP contribution in [-0.2, 0) is 11.3 Å². The van der Waals surface area contributed by atoms with Gasteiger partial charge in [0, 0.05) is 22.9 Å². The van der Waals surface area contributed by atoms with E-state index in [2.05, 4.69) is 5.32 Å². The Kier molecular flexibility index (Phi) is 6.10. The van der Waals surface area contributed by atoms with E-state index in [0.717, 1.165) is 28.4 Å². The third-order valence-corrected chi connectivity index (χ3v) is 5.13. The summed E-state index contributed by atoms with van der Waals surface area (Å²) < 4.78 is 11.3. The maximum atomic E-state index is 12.3. The molecular weight excluding hydrogens is 358 g/mol. The number of hydrogen-bond donors (Lipinski definition) is 1. The third-order valence-electron chi connectivity index (χ3n) is 3.78. The first kappa shape index (κ1) is 18.0. The van der Waals surface area contributed by atoms with Gasteiger partial charge in [-0.05, 0) is 42.8 Å². The molecule has 0 aliphatic carbocycles. The van der Waals surface area contributed by atoms with E-state index in [1.165, 1.54) is 11.8 Å². The molecule has 1 heterocycles. The Balaban J connectivity index is 1.56. The molecule has 1 N–H and O–H groups in total. The van der Waals surface area contributed by atoms with Crippen molar-refractivity contribution >= 4 is 29.3 Å². The standard InChI is InChI=1S/C19H20ClNO3S/c1-13(19(22)21-12-14-3-5-15(20)6-4-14)25-16-7-8-17-18(11-16)24-10-2-9-23-17/h3-8,11,13H,2,9-10,12H2,1H3,(H,21,22). The highest BCUT2D eigenvalue weighted by Gasteiger charge is 2.16. The molecule has 2 aromatic rings. The lowest BCUT2D eigenvalue weighted by Crippen LogP contribution is -2.30. The minimum absolute atomic E-state index is 0.00735. The molecule has 1 aliphatic heterocycles. The summed E-state index contributed by atoms with van der Waals surface area (Å²) in [6.07, 6.45) is 0.876. The van der Waals surface area contributed by atoms with Gasteiger partial charge in [0.2, 0.25) is 5.91 Å². The molecule has 1 aliphatic rings. The fraction of sp³-hybridized carbons (Fsp3) is 0.316. The minimum atomic E-state index is -0.211. The third kappa shape index (κ3) is 5.06. The number of halogens is 1. The molecule has 1 amide bonds. The van der Waals surface area contributed by atoms with E-state index in [1.54, 1.807) is 0 Å². The van der Waals surface area contributed by atoms with Gasteiger partial charge in [-0.25, -0.2) is 0 Å². The maximum absolute atomic E-state index is 12.3. The molecule has 0 saturated heterocycles. The lowest BCUT2D eigenvalue weighted by molar-refractivity contribution is -0.120. The zero-order valence-corrected chi connectivity index (χ0v) is 15.5. The van der Waals surface area contributed by atoms with Crippen molar-refractivity contribution in [1.29, 1.82) is 0 Å². The molecule has 4 nitrogen and oxygen atoms in total. The summed E-state index contributed by atoms with van der Waals surface area (Å²) >= 11 is 7.37. The number of amides is 1. The molecule has 3 rings (SSSR count). The monoisotopic (exact) mass is 377 g/mol. The number of ether oxygens (including phenoxy) is 2. The van der Waals surface area contributed by atoms with Crippen LogP contribution in [-0.4, -0.2) is 24.4 Å². The highest BCUT2D eigenvalue weighted by molar-refractivity contribution is 8.00. The predicted molar refractivity (Wildman–Crippen MR) is 101 cm³/mol. The molecule has 1 atom stereocenters. The Morgan fingerprint density at radius 1 is 1.16 bits per heavy atom. The Morgan fingerprint density at radius 2 is 1.88 bits per heavy atom. The summed E-state index contributed by atoms with van der Waals surface area (Å²) in [7, 11) is 0. The van der Waals surface area contributed by atoms with E-state index in [0.29, 0.717) is 24.8 Å². The van der Waals surface area contributed by atoms with Crippen molar-refractivity contribution in [1.82, 2.24) is 5.32 Å². The van der Waals surface area contributed by atoms with Gasteiger partial charge in [0.1, 0.15) is 0 Å². The highest BCUT2D eigenvalue weighted by atomic mass is 35.5. The Bertz CT molecular complexity index is 736. The molecule has 0 saturated carbocycles.